The number of methoxy groups -OCH3 is 2. The van der Waals surface area contributed by atoms with Gasteiger partial charge in [-0.3, -0.25) is 4.79 Å². The molecule has 0 saturated heterocycles. The average Bonchev–Trinajstić information content (AvgIpc) is 3.25. The molecule has 8 nitrogen and oxygen atoms in total. The summed E-state index contributed by atoms with van der Waals surface area (Å²) in [6, 6.07) is 6.71. The highest BCUT2D eigenvalue weighted by molar-refractivity contribution is 6.32. The smallest absolute Gasteiger partial charge is 0.338 e. The first kappa shape index (κ1) is 20.2. The molecule has 4 rings (SSSR count). The van der Waals surface area contributed by atoms with Gasteiger partial charge in [-0.15, -0.1) is 0 Å². The normalized spacial score (nSPS) is 14.2. The van der Waals surface area contributed by atoms with Crippen LogP contribution in [0, 0.1) is 0 Å². The number of ether oxygens (including phenoxy) is 5. The lowest BCUT2D eigenvalue weighted by Gasteiger charge is -2.29. The third-order valence-electron chi connectivity index (χ3n) is 5.06. The summed E-state index contributed by atoms with van der Waals surface area (Å²) >= 11 is 6.09. The molecule has 30 heavy (non-hydrogen) atoms. The minimum absolute atomic E-state index is 0.0408. The Balaban J connectivity index is 1.39. The number of benzene rings is 2. The van der Waals surface area contributed by atoms with E-state index in [1.807, 2.05) is 12.1 Å². The van der Waals surface area contributed by atoms with Gasteiger partial charge in [0, 0.05) is 13.1 Å². The Morgan fingerprint density at radius 2 is 1.80 bits per heavy atom. The number of carbonyl (C=O) groups excluding carboxylic acids is 2. The quantitative estimate of drug-likeness (QED) is 0.670. The molecule has 0 N–H and O–H groups in total. The van der Waals surface area contributed by atoms with Crippen LogP contribution < -0.4 is 18.9 Å². The van der Waals surface area contributed by atoms with E-state index in [4.69, 9.17) is 35.3 Å². The second-order valence-electron chi connectivity index (χ2n) is 6.81. The summed E-state index contributed by atoms with van der Waals surface area (Å²) in [7, 11) is 3.16. The van der Waals surface area contributed by atoms with Gasteiger partial charge in [0.1, 0.15) is 0 Å². The van der Waals surface area contributed by atoms with Crippen LogP contribution in [0.1, 0.15) is 21.5 Å². The molecule has 0 spiro atoms. The summed E-state index contributed by atoms with van der Waals surface area (Å²) in [6.07, 6.45) is 0.674. The molecule has 2 aromatic carbocycles. The van der Waals surface area contributed by atoms with Crippen molar-refractivity contribution in [3.63, 3.8) is 0 Å². The molecular weight excluding hydrogens is 414 g/mol. The molecule has 0 bridgehead atoms. The molecule has 0 unspecified atom stereocenters. The fourth-order valence-electron chi connectivity index (χ4n) is 3.48. The molecule has 0 aromatic heterocycles. The maximum atomic E-state index is 12.6. The van der Waals surface area contributed by atoms with Gasteiger partial charge in [0.05, 0.1) is 24.8 Å². The van der Waals surface area contributed by atoms with Crippen molar-refractivity contribution in [2.75, 3.05) is 34.2 Å². The lowest BCUT2D eigenvalue weighted by atomic mass is 9.99. The highest BCUT2D eigenvalue weighted by atomic mass is 35.5. The van der Waals surface area contributed by atoms with Crippen LogP contribution in [0.5, 0.6) is 23.0 Å². The van der Waals surface area contributed by atoms with Crippen LogP contribution in [0.3, 0.4) is 0 Å². The molecule has 2 aromatic rings. The van der Waals surface area contributed by atoms with Crippen LogP contribution in [0.2, 0.25) is 5.02 Å². The van der Waals surface area contributed by atoms with E-state index < -0.39 is 5.97 Å². The first-order chi connectivity index (χ1) is 14.5. The fourth-order valence-corrected chi connectivity index (χ4v) is 3.75. The van der Waals surface area contributed by atoms with Crippen LogP contribution in [0.15, 0.2) is 24.3 Å². The van der Waals surface area contributed by atoms with Gasteiger partial charge in [0.25, 0.3) is 5.91 Å². The summed E-state index contributed by atoms with van der Waals surface area (Å²) in [4.78, 5) is 26.6. The first-order valence-corrected chi connectivity index (χ1v) is 9.65. The Bertz CT molecular complexity index is 1010. The fraction of sp³-hybridized carbons (Fsp3) is 0.333. The van der Waals surface area contributed by atoms with Crippen LogP contribution in [0.4, 0.5) is 0 Å². The lowest BCUT2D eigenvalue weighted by molar-refractivity contribution is -0.135. The van der Waals surface area contributed by atoms with Crippen LogP contribution in [-0.2, 0) is 22.5 Å². The summed E-state index contributed by atoms with van der Waals surface area (Å²) in [5, 5.41) is 0.250. The summed E-state index contributed by atoms with van der Waals surface area (Å²) in [5.41, 5.74) is 2.27. The van der Waals surface area contributed by atoms with E-state index in [-0.39, 0.29) is 29.9 Å². The van der Waals surface area contributed by atoms with Crippen LogP contribution in [0.25, 0.3) is 0 Å². The van der Waals surface area contributed by atoms with E-state index in [0.717, 1.165) is 11.1 Å². The van der Waals surface area contributed by atoms with Crippen molar-refractivity contribution < 1.29 is 33.3 Å². The number of amides is 1. The second kappa shape index (κ2) is 8.31. The molecule has 2 heterocycles. The minimum Gasteiger partial charge on any atom is -0.493 e. The summed E-state index contributed by atoms with van der Waals surface area (Å²) in [6.45, 7) is 0.600. The Hall–Kier alpha value is -3.13. The zero-order valence-electron chi connectivity index (χ0n) is 16.5. The highest BCUT2D eigenvalue weighted by Crippen LogP contribution is 2.40. The van der Waals surface area contributed by atoms with Crippen LogP contribution >= 0.6 is 11.6 Å². The molecule has 2 aliphatic rings. The zero-order valence-corrected chi connectivity index (χ0v) is 17.3. The summed E-state index contributed by atoms with van der Waals surface area (Å²) < 4.78 is 26.3. The van der Waals surface area contributed by atoms with Gasteiger partial charge >= 0.3 is 5.97 Å². The Kier molecular flexibility index (Phi) is 5.59. The molecule has 9 heteroatoms. The number of halogens is 1. The molecule has 1 amide bonds. The van der Waals surface area contributed by atoms with Crippen molar-refractivity contribution >= 4 is 23.5 Å². The predicted molar refractivity (Wildman–Crippen MR) is 107 cm³/mol. The van der Waals surface area contributed by atoms with E-state index in [0.29, 0.717) is 42.5 Å². The standard InChI is InChI=1S/C21H20ClNO7/c1-26-16-6-12-3-4-23(9-14(12)8-17(16)27-2)19(24)10-28-21(25)13-5-15(22)20-18(7-13)29-11-30-20/h5-8H,3-4,9-11H2,1-2H3. The molecule has 0 aliphatic carbocycles. The van der Waals surface area contributed by atoms with Crippen molar-refractivity contribution in [1.82, 2.24) is 4.90 Å². The third-order valence-corrected chi connectivity index (χ3v) is 5.34. The number of rotatable bonds is 5. The molecule has 0 fully saturated rings. The maximum absolute atomic E-state index is 12.6. The van der Waals surface area contributed by atoms with E-state index in [2.05, 4.69) is 0 Å². The molecule has 0 atom stereocenters. The lowest BCUT2D eigenvalue weighted by Crippen LogP contribution is -2.38. The van der Waals surface area contributed by atoms with Gasteiger partial charge in [0.2, 0.25) is 6.79 Å². The van der Waals surface area contributed by atoms with Gasteiger partial charge < -0.3 is 28.6 Å². The van der Waals surface area contributed by atoms with Gasteiger partial charge in [0.15, 0.2) is 29.6 Å². The number of hydrogen-bond acceptors (Lipinski definition) is 7. The third kappa shape index (κ3) is 3.82. The van der Waals surface area contributed by atoms with Crippen molar-refractivity contribution in [2.45, 2.75) is 13.0 Å². The van der Waals surface area contributed by atoms with E-state index in [9.17, 15) is 9.59 Å². The Morgan fingerprint density at radius 1 is 1.07 bits per heavy atom. The van der Waals surface area contributed by atoms with Crippen molar-refractivity contribution in [1.29, 1.82) is 0 Å². The van der Waals surface area contributed by atoms with Crippen molar-refractivity contribution in [2.24, 2.45) is 0 Å². The molecule has 0 saturated carbocycles. The number of fused-ring (bicyclic) bond motifs is 2. The molecular formula is C21H20ClNO7. The average molecular weight is 434 g/mol. The maximum Gasteiger partial charge on any atom is 0.338 e. The van der Waals surface area contributed by atoms with E-state index in [1.165, 1.54) is 12.1 Å². The van der Waals surface area contributed by atoms with Crippen molar-refractivity contribution in [3.05, 3.63) is 46.0 Å². The van der Waals surface area contributed by atoms with E-state index in [1.54, 1.807) is 19.1 Å². The van der Waals surface area contributed by atoms with Crippen LogP contribution in [-0.4, -0.2) is 50.9 Å². The largest absolute Gasteiger partial charge is 0.493 e. The molecule has 2 aliphatic heterocycles. The van der Waals surface area contributed by atoms with Gasteiger partial charge in [-0.05, 0) is 41.8 Å². The SMILES string of the molecule is COc1cc2c(cc1OC)CN(C(=O)COC(=O)c1cc(Cl)c3c(c1)OCO3)CC2. The number of hydrogen-bond donors (Lipinski definition) is 0. The Labute approximate surface area is 178 Å². The zero-order chi connectivity index (χ0) is 21.3. The molecule has 158 valence electrons. The molecule has 0 radical (unpaired) electrons. The van der Waals surface area contributed by atoms with Gasteiger partial charge in [-0.25, -0.2) is 4.79 Å². The predicted octanol–water partition coefficient (Wildman–Crippen LogP) is 2.83. The summed E-state index contributed by atoms with van der Waals surface area (Å²) in [5.74, 6) is 1.09. The second-order valence-corrected chi connectivity index (χ2v) is 7.22. The number of nitrogens with zero attached hydrogens (tertiary/aromatic N) is 1. The van der Waals surface area contributed by atoms with Crippen molar-refractivity contribution in [3.8, 4) is 23.0 Å². The number of esters is 1. The van der Waals surface area contributed by atoms with Gasteiger partial charge in [-0.2, -0.15) is 0 Å². The Morgan fingerprint density at radius 3 is 2.53 bits per heavy atom. The van der Waals surface area contributed by atoms with Gasteiger partial charge in [-0.1, -0.05) is 11.6 Å². The number of carbonyl (C=O) groups is 2. The topological polar surface area (TPSA) is 83.5 Å². The first-order valence-electron chi connectivity index (χ1n) is 9.28. The monoisotopic (exact) mass is 433 g/mol. The van der Waals surface area contributed by atoms with E-state index >= 15 is 0 Å². The highest BCUT2D eigenvalue weighted by Gasteiger charge is 2.25. The minimum atomic E-state index is -0.660.